The fourth-order valence-electron chi connectivity index (χ4n) is 4.79. The van der Waals surface area contributed by atoms with E-state index in [1.54, 1.807) is 27.7 Å². The van der Waals surface area contributed by atoms with Gasteiger partial charge in [0, 0.05) is 17.1 Å². The van der Waals surface area contributed by atoms with Crippen molar-refractivity contribution in [2.45, 2.75) is 51.5 Å². The fraction of sp³-hybridized carbons (Fsp3) is 0.321. The molecule has 36 heavy (non-hydrogen) atoms. The Bertz CT molecular complexity index is 1600. The topological polar surface area (TPSA) is 61.4 Å². The van der Waals surface area contributed by atoms with E-state index in [0.717, 1.165) is 55.7 Å². The number of benzene rings is 2. The Morgan fingerprint density at radius 2 is 1.89 bits per heavy atom. The van der Waals surface area contributed by atoms with Crippen LogP contribution in [0.1, 0.15) is 35.4 Å². The van der Waals surface area contributed by atoms with E-state index in [2.05, 4.69) is 52.7 Å². The summed E-state index contributed by atoms with van der Waals surface area (Å²) in [4.78, 5) is 16.1. The predicted molar refractivity (Wildman–Crippen MR) is 147 cm³/mol. The van der Waals surface area contributed by atoms with Gasteiger partial charge in [0.15, 0.2) is 5.16 Å². The van der Waals surface area contributed by atoms with Crippen molar-refractivity contribution >= 4 is 39.1 Å². The van der Waals surface area contributed by atoms with E-state index in [4.69, 9.17) is 4.74 Å². The van der Waals surface area contributed by atoms with Gasteiger partial charge in [0.1, 0.15) is 4.83 Å². The Balaban J connectivity index is 1.52. The Hall–Kier alpha value is -2.94. The third kappa shape index (κ3) is 4.07. The minimum Gasteiger partial charge on any atom is -0.372 e. The monoisotopic (exact) mass is 516 g/mol. The molecule has 3 aromatic heterocycles. The van der Waals surface area contributed by atoms with Crippen LogP contribution in [0, 0.1) is 12.8 Å². The number of thioether (sulfide) groups is 1. The lowest BCUT2D eigenvalue weighted by Gasteiger charge is -2.26. The Morgan fingerprint density at radius 3 is 2.64 bits per heavy atom. The van der Waals surface area contributed by atoms with Crippen LogP contribution >= 0.6 is 23.1 Å². The van der Waals surface area contributed by atoms with E-state index in [1.807, 2.05) is 37.3 Å². The molecule has 2 aromatic carbocycles. The molecule has 0 unspecified atom stereocenters. The van der Waals surface area contributed by atoms with Gasteiger partial charge in [0.05, 0.1) is 23.8 Å². The quantitative estimate of drug-likeness (QED) is 0.266. The van der Waals surface area contributed by atoms with Crippen LogP contribution < -0.4 is 5.56 Å². The van der Waals surface area contributed by atoms with E-state index >= 15 is 0 Å². The standard InChI is InChI=1S/C28H28N4O2S2/c1-17(2)22-15-21-23(16-34-22)36-26-24(21)25(33)31(20-11-9-18(3)10-12-20)27-29-30-28(32(26)27)35-14-13-19-7-5-4-6-8-19/h4-12,17,22H,13-16H2,1-3H3/t22-/m1/s1. The average molecular weight is 517 g/mol. The number of hydrogen-bond donors (Lipinski definition) is 0. The fourth-order valence-corrected chi connectivity index (χ4v) is 7.01. The molecule has 1 aliphatic rings. The highest BCUT2D eigenvalue weighted by atomic mass is 32.2. The summed E-state index contributed by atoms with van der Waals surface area (Å²) in [6.45, 7) is 6.94. The molecule has 0 fully saturated rings. The van der Waals surface area contributed by atoms with Crippen LogP contribution in [0.15, 0.2) is 64.5 Å². The third-order valence-electron chi connectivity index (χ3n) is 6.84. The van der Waals surface area contributed by atoms with Gasteiger partial charge in [-0.1, -0.05) is 73.6 Å². The third-order valence-corrected chi connectivity index (χ3v) is 8.96. The first-order valence-corrected chi connectivity index (χ1v) is 14.1. The highest BCUT2D eigenvalue weighted by Gasteiger charge is 2.30. The van der Waals surface area contributed by atoms with Crippen LogP contribution in [0.5, 0.6) is 0 Å². The number of thiophene rings is 1. The summed E-state index contributed by atoms with van der Waals surface area (Å²) in [5.74, 6) is 1.81. The highest BCUT2D eigenvalue weighted by molar-refractivity contribution is 7.99. The van der Waals surface area contributed by atoms with Crippen molar-refractivity contribution < 1.29 is 4.74 Å². The largest absolute Gasteiger partial charge is 0.372 e. The molecule has 6 nitrogen and oxygen atoms in total. The van der Waals surface area contributed by atoms with Gasteiger partial charge < -0.3 is 4.74 Å². The zero-order valence-electron chi connectivity index (χ0n) is 20.6. The second-order valence-corrected chi connectivity index (χ2v) is 11.8. The van der Waals surface area contributed by atoms with Crippen molar-refractivity contribution in [2.75, 3.05) is 5.75 Å². The Labute approximate surface area is 217 Å². The lowest BCUT2D eigenvalue weighted by Crippen LogP contribution is -2.28. The molecule has 8 heteroatoms. The molecule has 0 spiro atoms. The molecule has 1 atom stereocenters. The Kier molecular flexibility index (Phi) is 6.19. The summed E-state index contributed by atoms with van der Waals surface area (Å²) in [6, 6.07) is 18.5. The molecule has 4 heterocycles. The van der Waals surface area contributed by atoms with E-state index < -0.39 is 0 Å². The van der Waals surface area contributed by atoms with Crippen LogP contribution in [-0.2, 0) is 24.2 Å². The van der Waals surface area contributed by atoms with Crippen molar-refractivity contribution in [3.05, 3.63) is 86.5 Å². The van der Waals surface area contributed by atoms with Gasteiger partial charge in [-0.25, -0.2) is 8.97 Å². The number of aromatic nitrogens is 4. The summed E-state index contributed by atoms with van der Waals surface area (Å²) in [6.07, 6.45) is 1.80. The van der Waals surface area contributed by atoms with Crippen molar-refractivity contribution in [2.24, 2.45) is 5.92 Å². The normalized spacial score (nSPS) is 15.7. The molecule has 5 aromatic rings. The van der Waals surface area contributed by atoms with Gasteiger partial charge >= 0.3 is 0 Å². The van der Waals surface area contributed by atoms with Crippen LogP contribution in [0.4, 0.5) is 0 Å². The molecule has 0 radical (unpaired) electrons. The van der Waals surface area contributed by atoms with Crippen molar-refractivity contribution in [3.8, 4) is 5.69 Å². The van der Waals surface area contributed by atoms with Gasteiger partial charge in [-0.05, 0) is 42.5 Å². The number of rotatable bonds is 6. The van der Waals surface area contributed by atoms with Crippen LogP contribution in [0.25, 0.3) is 21.7 Å². The molecule has 0 bridgehead atoms. The average Bonchev–Trinajstić information content (AvgIpc) is 3.47. The van der Waals surface area contributed by atoms with Crippen molar-refractivity contribution in [1.82, 2.24) is 19.2 Å². The Morgan fingerprint density at radius 1 is 1.11 bits per heavy atom. The minimum absolute atomic E-state index is 0.0310. The van der Waals surface area contributed by atoms with E-state index in [9.17, 15) is 4.79 Å². The van der Waals surface area contributed by atoms with Crippen molar-refractivity contribution in [3.63, 3.8) is 0 Å². The lowest BCUT2D eigenvalue weighted by atomic mass is 9.96. The molecule has 0 saturated carbocycles. The summed E-state index contributed by atoms with van der Waals surface area (Å²) in [5.41, 5.74) is 4.34. The summed E-state index contributed by atoms with van der Waals surface area (Å²) in [7, 11) is 0. The second kappa shape index (κ2) is 9.50. The molecule has 6 rings (SSSR count). The molecule has 0 saturated heterocycles. The molecular formula is C28H28N4O2S2. The molecule has 184 valence electrons. The molecule has 0 N–H and O–H groups in total. The maximum absolute atomic E-state index is 14.1. The maximum atomic E-state index is 14.1. The van der Waals surface area contributed by atoms with Crippen LogP contribution in [-0.4, -0.2) is 31.0 Å². The van der Waals surface area contributed by atoms with Gasteiger partial charge in [-0.3, -0.25) is 4.79 Å². The van der Waals surface area contributed by atoms with Gasteiger partial charge in [-0.2, -0.15) is 0 Å². The lowest BCUT2D eigenvalue weighted by molar-refractivity contribution is 0.00200. The van der Waals surface area contributed by atoms with Gasteiger partial charge in [0.2, 0.25) is 5.78 Å². The number of nitrogens with zero attached hydrogens (tertiary/aromatic N) is 4. The van der Waals surface area contributed by atoms with E-state index in [-0.39, 0.29) is 11.7 Å². The summed E-state index contributed by atoms with van der Waals surface area (Å²) >= 11 is 3.32. The van der Waals surface area contributed by atoms with Crippen LogP contribution in [0.3, 0.4) is 0 Å². The maximum Gasteiger partial charge on any atom is 0.268 e. The number of ether oxygens (including phenoxy) is 1. The first-order valence-electron chi connectivity index (χ1n) is 12.3. The smallest absolute Gasteiger partial charge is 0.268 e. The number of aryl methyl sites for hydroxylation is 2. The van der Waals surface area contributed by atoms with E-state index in [1.165, 1.54) is 5.56 Å². The van der Waals surface area contributed by atoms with E-state index in [0.29, 0.717) is 18.3 Å². The second-order valence-electron chi connectivity index (χ2n) is 9.66. The van der Waals surface area contributed by atoms with Crippen molar-refractivity contribution in [1.29, 1.82) is 0 Å². The first kappa shape index (κ1) is 23.5. The summed E-state index contributed by atoms with van der Waals surface area (Å²) in [5, 5.41) is 10.7. The predicted octanol–water partition coefficient (Wildman–Crippen LogP) is 5.84. The first-order chi connectivity index (χ1) is 17.5. The molecule has 0 amide bonds. The molecule has 0 aliphatic carbocycles. The van der Waals surface area contributed by atoms with Gasteiger partial charge in [-0.15, -0.1) is 21.5 Å². The van der Waals surface area contributed by atoms with Gasteiger partial charge in [0.25, 0.3) is 5.56 Å². The zero-order chi connectivity index (χ0) is 24.8. The highest BCUT2D eigenvalue weighted by Crippen LogP contribution is 2.37. The number of fused-ring (bicyclic) bond motifs is 5. The number of hydrogen-bond acceptors (Lipinski definition) is 6. The summed E-state index contributed by atoms with van der Waals surface area (Å²) < 4.78 is 9.96. The van der Waals surface area contributed by atoms with Crippen LogP contribution in [0.2, 0.25) is 0 Å². The molecular weight excluding hydrogens is 488 g/mol. The zero-order valence-corrected chi connectivity index (χ0v) is 22.2. The molecule has 1 aliphatic heterocycles. The SMILES string of the molecule is Cc1ccc(-n2c(=O)c3c4c(sc3n3c(SCCc5ccccc5)nnc23)CO[C@@H](C(C)C)C4)cc1. The minimum atomic E-state index is -0.0310.